The molecule has 3 rings (SSSR count). The molecule has 0 aliphatic carbocycles. The summed E-state index contributed by atoms with van der Waals surface area (Å²) in [4.78, 5) is 14.0. The summed E-state index contributed by atoms with van der Waals surface area (Å²) >= 11 is 0.998. The van der Waals surface area contributed by atoms with Crippen LogP contribution < -0.4 is 10.2 Å². The number of thiazole rings is 1. The second-order valence-corrected chi connectivity index (χ2v) is 7.82. The standard InChI is InChI=1S/C19H22N2O3S/c1-19(2,10-12-6-4-3-5-7-12)20-11-15(23)13-8-9-14(22)16-17(13)25-18(24)21-16/h3-9,15,20,22-23H,10-11H2,1-2H3,(H,21,24)/t15-/m0/s1. The lowest BCUT2D eigenvalue weighted by atomic mass is 9.94. The summed E-state index contributed by atoms with van der Waals surface area (Å²) in [6.07, 6.45) is 0.0628. The van der Waals surface area contributed by atoms with Gasteiger partial charge >= 0.3 is 4.87 Å². The molecule has 1 aromatic heterocycles. The molecule has 1 atom stereocenters. The third kappa shape index (κ3) is 4.10. The van der Waals surface area contributed by atoms with Crippen LogP contribution in [0.1, 0.15) is 31.1 Å². The number of phenolic OH excluding ortho intramolecular Hbond substituents is 1. The van der Waals surface area contributed by atoms with Crippen LogP contribution in [0.4, 0.5) is 0 Å². The molecule has 1 heterocycles. The smallest absolute Gasteiger partial charge is 0.305 e. The van der Waals surface area contributed by atoms with E-state index in [1.165, 1.54) is 11.6 Å². The van der Waals surface area contributed by atoms with E-state index in [-0.39, 0.29) is 16.2 Å². The molecule has 4 N–H and O–H groups in total. The van der Waals surface area contributed by atoms with Crippen molar-refractivity contribution in [3.63, 3.8) is 0 Å². The molecular weight excluding hydrogens is 336 g/mol. The number of benzene rings is 2. The zero-order valence-electron chi connectivity index (χ0n) is 14.2. The summed E-state index contributed by atoms with van der Waals surface area (Å²) < 4.78 is 0.597. The molecule has 3 aromatic rings. The Labute approximate surface area is 150 Å². The second-order valence-electron chi connectivity index (χ2n) is 6.84. The number of aromatic hydroxyl groups is 1. The van der Waals surface area contributed by atoms with Crippen molar-refractivity contribution in [1.82, 2.24) is 10.3 Å². The molecular formula is C19H22N2O3S. The van der Waals surface area contributed by atoms with Crippen molar-refractivity contribution < 1.29 is 10.2 Å². The van der Waals surface area contributed by atoms with E-state index in [0.29, 0.717) is 22.3 Å². The van der Waals surface area contributed by atoms with Crippen LogP contribution in [0, 0.1) is 0 Å². The number of aliphatic hydroxyl groups is 1. The highest BCUT2D eigenvalue weighted by atomic mass is 32.1. The van der Waals surface area contributed by atoms with Gasteiger partial charge < -0.3 is 20.5 Å². The average molecular weight is 358 g/mol. The summed E-state index contributed by atoms with van der Waals surface area (Å²) in [5, 5.41) is 23.8. The van der Waals surface area contributed by atoms with Gasteiger partial charge in [0.25, 0.3) is 0 Å². The third-order valence-electron chi connectivity index (χ3n) is 4.21. The van der Waals surface area contributed by atoms with Crippen LogP contribution in [0.15, 0.2) is 47.3 Å². The Morgan fingerprint density at radius 3 is 2.64 bits per heavy atom. The van der Waals surface area contributed by atoms with Gasteiger partial charge in [-0.1, -0.05) is 47.7 Å². The minimum absolute atomic E-state index is 0.0154. The Morgan fingerprint density at radius 2 is 1.92 bits per heavy atom. The minimum Gasteiger partial charge on any atom is -0.506 e. The fraction of sp³-hybridized carbons (Fsp3) is 0.316. The highest BCUT2D eigenvalue weighted by molar-refractivity contribution is 7.16. The zero-order chi connectivity index (χ0) is 18.0. The molecule has 0 aliphatic rings. The number of aliphatic hydroxyl groups excluding tert-OH is 1. The van der Waals surface area contributed by atoms with Gasteiger partial charge in [0.05, 0.1) is 10.8 Å². The minimum atomic E-state index is -0.774. The number of hydrogen-bond donors (Lipinski definition) is 4. The predicted molar refractivity (Wildman–Crippen MR) is 101 cm³/mol. The number of phenols is 1. The first-order chi connectivity index (χ1) is 11.9. The molecule has 0 unspecified atom stereocenters. The maximum Gasteiger partial charge on any atom is 0.305 e. The summed E-state index contributed by atoms with van der Waals surface area (Å²) in [7, 11) is 0. The summed E-state index contributed by atoms with van der Waals surface area (Å²) in [6.45, 7) is 4.54. The number of H-pyrrole nitrogens is 1. The lowest BCUT2D eigenvalue weighted by Gasteiger charge is -2.28. The average Bonchev–Trinajstić information content (AvgIpc) is 2.96. The zero-order valence-corrected chi connectivity index (χ0v) is 15.1. The van der Waals surface area contributed by atoms with Crippen LogP contribution in [0.5, 0.6) is 5.75 Å². The first-order valence-electron chi connectivity index (χ1n) is 8.17. The Hall–Kier alpha value is -2.15. The number of nitrogens with one attached hydrogen (secondary N) is 2. The maximum atomic E-state index is 11.6. The summed E-state index contributed by atoms with van der Waals surface area (Å²) in [5.41, 5.74) is 2.06. The number of β-amino-alcohol motifs (C(OH)–C–C–N with tert-alkyl or cyclic N) is 1. The van der Waals surface area contributed by atoms with Crippen molar-refractivity contribution in [2.24, 2.45) is 0 Å². The van der Waals surface area contributed by atoms with Crippen LogP contribution in [-0.2, 0) is 6.42 Å². The molecule has 0 spiro atoms. The van der Waals surface area contributed by atoms with Crippen LogP contribution in [0.3, 0.4) is 0 Å². The number of fused-ring (bicyclic) bond motifs is 1. The molecule has 0 radical (unpaired) electrons. The Morgan fingerprint density at radius 1 is 1.20 bits per heavy atom. The van der Waals surface area contributed by atoms with Gasteiger partial charge in [-0.05, 0) is 31.9 Å². The lowest BCUT2D eigenvalue weighted by Crippen LogP contribution is -2.43. The molecule has 0 aliphatic heterocycles. The van der Waals surface area contributed by atoms with Gasteiger partial charge in [0.1, 0.15) is 11.3 Å². The van der Waals surface area contributed by atoms with Gasteiger partial charge in [-0.15, -0.1) is 0 Å². The van der Waals surface area contributed by atoms with E-state index >= 15 is 0 Å². The molecule has 5 nitrogen and oxygen atoms in total. The van der Waals surface area contributed by atoms with Gasteiger partial charge in [0, 0.05) is 17.6 Å². The van der Waals surface area contributed by atoms with E-state index in [2.05, 4.69) is 36.3 Å². The van der Waals surface area contributed by atoms with Crippen LogP contribution in [0.25, 0.3) is 10.2 Å². The SMILES string of the molecule is CC(C)(Cc1ccccc1)NC[C@H](O)c1ccc(O)c2[nH]c(=O)sc12. The highest BCUT2D eigenvalue weighted by Gasteiger charge is 2.21. The number of aromatic amines is 1. The summed E-state index contributed by atoms with van der Waals surface area (Å²) in [5.74, 6) is 0.0154. The molecule has 0 saturated carbocycles. The first kappa shape index (κ1) is 17.7. The fourth-order valence-electron chi connectivity index (χ4n) is 2.95. The molecule has 132 valence electrons. The maximum absolute atomic E-state index is 11.6. The van der Waals surface area contributed by atoms with Crippen molar-refractivity contribution in [2.45, 2.75) is 31.9 Å². The fourth-order valence-corrected chi connectivity index (χ4v) is 3.87. The number of hydrogen-bond acceptors (Lipinski definition) is 5. The van der Waals surface area contributed by atoms with Crippen molar-refractivity contribution in [2.75, 3.05) is 6.54 Å². The number of aromatic nitrogens is 1. The first-order valence-corrected chi connectivity index (χ1v) is 8.99. The van der Waals surface area contributed by atoms with E-state index in [4.69, 9.17) is 0 Å². The lowest BCUT2D eigenvalue weighted by molar-refractivity contribution is 0.162. The van der Waals surface area contributed by atoms with Crippen LogP contribution in [-0.4, -0.2) is 27.3 Å². The van der Waals surface area contributed by atoms with Gasteiger partial charge in [-0.3, -0.25) is 4.79 Å². The van der Waals surface area contributed by atoms with Gasteiger partial charge in [-0.2, -0.15) is 0 Å². The van der Waals surface area contributed by atoms with Gasteiger partial charge in [-0.25, -0.2) is 0 Å². The third-order valence-corrected chi connectivity index (χ3v) is 5.14. The van der Waals surface area contributed by atoms with Crippen molar-refractivity contribution >= 4 is 21.6 Å². The van der Waals surface area contributed by atoms with E-state index < -0.39 is 6.10 Å². The predicted octanol–water partition coefficient (Wildman–Crippen LogP) is 2.94. The molecule has 0 saturated heterocycles. The quantitative estimate of drug-likeness (QED) is 0.546. The Bertz CT molecular complexity index is 915. The van der Waals surface area contributed by atoms with E-state index in [9.17, 15) is 15.0 Å². The van der Waals surface area contributed by atoms with Gasteiger partial charge in [0.2, 0.25) is 0 Å². The van der Waals surface area contributed by atoms with Crippen molar-refractivity contribution in [3.05, 3.63) is 63.3 Å². The monoisotopic (exact) mass is 358 g/mol. The van der Waals surface area contributed by atoms with Crippen LogP contribution in [0.2, 0.25) is 0 Å². The van der Waals surface area contributed by atoms with Gasteiger partial charge in [0.15, 0.2) is 0 Å². The number of rotatable bonds is 6. The Kier molecular flexibility index (Phi) is 4.94. The molecule has 0 amide bonds. The second kappa shape index (κ2) is 7.00. The normalized spacial score (nSPS) is 13.2. The largest absolute Gasteiger partial charge is 0.506 e. The van der Waals surface area contributed by atoms with Crippen molar-refractivity contribution in [3.8, 4) is 5.75 Å². The van der Waals surface area contributed by atoms with Crippen molar-refractivity contribution in [1.29, 1.82) is 0 Å². The molecule has 0 bridgehead atoms. The van der Waals surface area contributed by atoms with Crippen LogP contribution >= 0.6 is 11.3 Å². The molecule has 2 aromatic carbocycles. The highest BCUT2D eigenvalue weighted by Crippen LogP contribution is 2.31. The summed E-state index contributed by atoms with van der Waals surface area (Å²) in [6, 6.07) is 13.4. The Balaban J connectivity index is 1.73. The van der Waals surface area contributed by atoms with E-state index in [0.717, 1.165) is 17.8 Å². The van der Waals surface area contributed by atoms with E-state index in [1.807, 2.05) is 18.2 Å². The molecule has 6 heteroatoms. The molecule has 0 fully saturated rings. The van der Waals surface area contributed by atoms with E-state index in [1.54, 1.807) is 6.07 Å². The molecule has 25 heavy (non-hydrogen) atoms. The topological polar surface area (TPSA) is 85.3 Å².